The highest BCUT2D eigenvalue weighted by Gasteiger charge is 2.38. The molecule has 0 saturated carbocycles. The van der Waals surface area contributed by atoms with E-state index in [-0.39, 0.29) is 0 Å². The number of aliphatic hydroxyl groups excluding tert-OH is 1. The maximum Gasteiger partial charge on any atom is 0.435 e. The Morgan fingerprint density at radius 1 is 1.50 bits per heavy atom. The predicted molar refractivity (Wildman–Crippen MR) is 31.9 cm³/mol. The van der Waals surface area contributed by atoms with Gasteiger partial charge in [-0.2, -0.15) is 13.2 Å². The molecule has 1 aromatic heterocycles. The van der Waals surface area contributed by atoms with Crippen molar-refractivity contribution in [3.63, 3.8) is 0 Å². The molecule has 0 bridgehead atoms. The molecule has 0 aliphatic rings. The van der Waals surface area contributed by atoms with Gasteiger partial charge in [0.15, 0.2) is 5.69 Å². The largest absolute Gasteiger partial charge is 0.435 e. The molecular formula is C5H6F3N3O. The summed E-state index contributed by atoms with van der Waals surface area (Å²) in [6.07, 6.45) is -4.52. The average molecular weight is 181 g/mol. The predicted octanol–water partition coefficient (Wildman–Crippen LogP) is 0.326. The van der Waals surface area contributed by atoms with Gasteiger partial charge in [-0.25, -0.2) is 4.68 Å². The molecule has 0 aliphatic heterocycles. The van der Waals surface area contributed by atoms with Crippen LogP contribution in [0.4, 0.5) is 13.2 Å². The molecule has 68 valence electrons. The minimum atomic E-state index is -4.52. The Morgan fingerprint density at radius 2 is 2.08 bits per heavy atom. The summed E-state index contributed by atoms with van der Waals surface area (Å²) >= 11 is 0. The van der Waals surface area contributed by atoms with Crippen molar-refractivity contribution in [2.75, 3.05) is 0 Å². The summed E-state index contributed by atoms with van der Waals surface area (Å²) in [5.74, 6) is 0. The van der Waals surface area contributed by atoms with Crippen LogP contribution in [0.2, 0.25) is 0 Å². The van der Waals surface area contributed by atoms with Crippen LogP contribution < -0.4 is 0 Å². The summed E-state index contributed by atoms with van der Waals surface area (Å²) in [4.78, 5) is 0. The lowest BCUT2D eigenvalue weighted by molar-refractivity contribution is -0.144. The molecule has 1 heterocycles. The smallest absolute Gasteiger partial charge is 0.390 e. The SMILES string of the molecule is Cn1nnc(CO)c1C(F)(F)F. The quantitative estimate of drug-likeness (QED) is 0.679. The number of hydrogen-bond acceptors (Lipinski definition) is 3. The molecule has 0 unspecified atom stereocenters. The van der Waals surface area contributed by atoms with Crippen molar-refractivity contribution in [3.8, 4) is 0 Å². The van der Waals surface area contributed by atoms with Gasteiger partial charge in [0.05, 0.1) is 6.61 Å². The summed E-state index contributed by atoms with van der Waals surface area (Å²) in [5, 5.41) is 14.8. The first-order valence-corrected chi connectivity index (χ1v) is 3.03. The number of aryl methyl sites for hydroxylation is 1. The fraction of sp³-hybridized carbons (Fsp3) is 0.600. The van der Waals surface area contributed by atoms with Crippen molar-refractivity contribution in [1.82, 2.24) is 15.0 Å². The highest BCUT2D eigenvalue weighted by molar-refractivity contribution is 5.12. The van der Waals surface area contributed by atoms with Gasteiger partial charge in [0.25, 0.3) is 0 Å². The van der Waals surface area contributed by atoms with E-state index >= 15 is 0 Å². The molecule has 1 N–H and O–H groups in total. The topological polar surface area (TPSA) is 50.9 Å². The minimum absolute atomic E-state index is 0.454. The number of halogens is 3. The van der Waals surface area contributed by atoms with Gasteiger partial charge in [-0.15, -0.1) is 5.10 Å². The third-order valence-corrected chi connectivity index (χ3v) is 1.31. The molecule has 0 aromatic carbocycles. The van der Waals surface area contributed by atoms with Gasteiger partial charge < -0.3 is 5.11 Å². The first kappa shape index (κ1) is 8.98. The standard InChI is InChI=1S/C5H6F3N3O/c1-11-4(5(6,7)8)3(2-12)9-10-11/h12H,2H2,1H3. The Hall–Kier alpha value is -1.11. The normalized spacial score (nSPS) is 12.1. The number of nitrogens with zero attached hydrogens (tertiary/aromatic N) is 3. The van der Waals surface area contributed by atoms with E-state index in [0.29, 0.717) is 4.68 Å². The molecule has 0 radical (unpaired) electrons. The molecule has 0 fully saturated rings. The number of rotatable bonds is 1. The summed E-state index contributed by atoms with van der Waals surface area (Å²) < 4.78 is 36.9. The number of alkyl halides is 3. The Balaban J connectivity index is 3.19. The van der Waals surface area contributed by atoms with E-state index in [2.05, 4.69) is 10.3 Å². The van der Waals surface area contributed by atoms with Crippen molar-refractivity contribution in [2.45, 2.75) is 12.8 Å². The molecule has 4 nitrogen and oxygen atoms in total. The lowest BCUT2D eigenvalue weighted by Crippen LogP contribution is -2.14. The van der Waals surface area contributed by atoms with Gasteiger partial charge in [0, 0.05) is 7.05 Å². The first-order chi connectivity index (χ1) is 5.46. The van der Waals surface area contributed by atoms with Gasteiger partial charge in [0.1, 0.15) is 5.69 Å². The van der Waals surface area contributed by atoms with Crippen molar-refractivity contribution in [3.05, 3.63) is 11.4 Å². The van der Waals surface area contributed by atoms with Gasteiger partial charge in [-0.05, 0) is 0 Å². The monoisotopic (exact) mass is 181 g/mol. The van der Waals surface area contributed by atoms with Crippen molar-refractivity contribution >= 4 is 0 Å². The molecule has 0 aliphatic carbocycles. The van der Waals surface area contributed by atoms with Crippen LogP contribution in [0, 0.1) is 0 Å². The maximum absolute atomic E-state index is 12.1. The second kappa shape index (κ2) is 2.74. The van der Waals surface area contributed by atoms with Gasteiger partial charge in [-0.3, -0.25) is 0 Å². The maximum atomic E-state index is 12.1. The zero-order valence-electron chi connectivity index (χ0n) is 6.13. The van der Waals surface area contributed by atoms with E-state index in [1.807, 2.05) is 0 Å². The van der Waals surface area contributed by atoms with E-state index in [1.165, 1.54) is 0 Å². The lowest BCUT2D eigenvalue weighted by atomic mass is 10.3. The summed E-state index contributed by atoms with van der Waals surface area (Å²) in [7, 11) is 1.12. The van der Waals surface area contributed by atoms with E-state index in [9.17, 15) is 13.2 Å². The minimum Gasteiger partial charge on any atom is -0.390 e. The second-order valence-corrected chi connectivity index (χ2v) is 2.16. The van der Waals surface area contributed by atoms with E-state index in [4.69, 9.17) is 5.11 Å². The van der Waals surface area contributed by atoms with Crippen LogP contribution in [-0.2, 0) is 19.8 Å². The van der Waals surface area contributed by atoms with Crippen LogP contribution in [0.1, 0.15) is 11.4 Å². The highest BCUT2D eigenvalue weighted by Crippen LogP contribution is 2.30. The van der Waals surface area contributed by atoms with Gasteiger partial charge >= 0.3 is 6.18 Å². The summed E-state index contributed by atoms with van der Waals surface area (Å²) in [6, 6.07) is 0. The Kier molecular flexibility index (Phi) is 2.05. The highest BCUT2D eigenvalue weighted by atomic mass is 19.4. The third-order valence-electron chi connectivity index (χ3n) is 1.31. The molecular weight excluding hydrogens is 175 g/mol. The second-order valence-electron chi connectivity index (χ2n) is 2.16. The molecule has 0 atom stereocenters. The van der Waals surface area contributed by atoms with Crippen LogP contribution in [0.5, 0.6) is 0 Å². The zero-order valence-corrected chi connectivity index (χ0v) is 6.13. The van der Waals surface area contributed by atoms with Crippen LogP contribution in [0.15, 0.2) is 0 Å². The molecule has 0 saturated heterocycles. The fourth-order valence-corrected chi connectivity index (χ4v) is 0.854. The fourth-order valence-electron chi connectivity index (χ4n) is 0.854. The third kappa shape index (κ3) is 1.40. The molecule has 7 heteroatoms. The van der Waals surface area contributed by atoms with E-state index in [1.54, 1.807) is 0 Å². The van der Waals surface area contributed by atoms with Gasteiger partial charge in [-0.1, -0.05) is 5.21 Å². The van der Waals surface area contributed by atoms with Crippen LogP contribution in [0.3, 0.4) is 0 Å². The van der Waals surface area contributed by atoms with E-state index < -0.39 is 24.2 Å². The molecule has 12 heavy (non-hydrogen) atoms. The molecule has 1 aromatic rings. The Bertz CT molecular complexity index is 280. The molecule has 0 amide bonds. The van der Waals surface area contributed by atoms with Crippen molar-refractivity contribution < 1.29 is 18.3 Å². The van der Waals surface area contributed by atoms with Crippen LogP contribution >= 0.6 is 0 Å². The summed E-state index contributed by atoms with van der Waals surface area (Å²) in [6.45, 7) is -0.761. The Morgan fingerprint density at radius 3 is 2.42 bits per heavy atom. The molecule has 0 spiro atoms. The van der Waals surface area contributed by atoms with E-state index in [0.717, 1.165) is 7.05 Å². The van der Waals surface area contributed by atoms with Crippen LogP contribution in [0.25, 0.3) is 0 Å². The van der Waals surface area contributed by atoms with Crippen LogP contribution in [-0.4, -0.2) is 20.1 Å². The van der Waals surface area contributed by atoms with Crippen molar-refractivity contribution in [1.29, 1.82) is 0 Å². The first-order valence-electron chi connectivity index (χ1n) is 3.03. The number of aliphatic hydroxyl groups is 1. The van der Waals surface area contributed by atoms with Crippen molar-refractivity contribution in [2.24, 2.45) is 7.05 Å². The summed E-state index contributed by atoms with van der Waals surface area (Å²) in [5.41, 5.74) is -1.46. The number of hydrogen-bond donors (Lipinski definition) is 1. The average Bonchev–Trinajstić information content (AvgIpc) is 2.29. The van der Waals surface area contributed by atoms with Gasteiger partial charge in [0.2, 0.25) is 0 Å². The number of aromatic nitrogens is 3. The zero-order chi connectivity index (χ0) is 9.35. The Labute approximate surface area is 65.6 Å². The lowest BCUT2D eigenvalue weighted by Gasteiger charge is -2.06. The molecule has 1 rings (SSSR count).